The standard InChI is InChI=1S/C14H21N3O3/c1-10-8-12(4-5-13(10)17(18)19)15-11(2)14-9-16(3)6-7-20-14/h4-5,8,11,14-15H,6-7,9H2,1-3H3. The average Bonchev–Trinajstić information content (AvgIpc) is 2.38. The van der Waals surface area contributed by atoms with E-state index in [1.807, 2.05) is 0 Å². The van der Waals surface area contributed by atoms with Crippen LogP contribution in [0.5, 0.6) is 0 Å². The summed E-state index contributed by atoms with van der Waals surface area (Å²) in [6, 6.07) is 5.24. The van der Waals surface area contributed by atoms with E-state index < -0.39 is 0 Å². The van der Waals surface area contributed by atoms with Gasteiger partial charge in [0.15, 0.2) is 0 Å². The fourth-order valence-electron chi connectivity index (χ4n) is 2.42. The maximum absolute atomic E-state index is 10.8. The number of morpholine rings is 1. The highest BCUT2D eigenvalue weighted by Crippen LogP contribution is 2.22. The Balaban J connectivity index is 2.02. The molecule has 6 nitrogen and oxygen atoms in total. The Morgan fingerprint density at radius 2 is 2.30 bits per heavy atom. The molecule has 1 saturated heterocycles. The number of rotatable bonds is 4. The fourth-order valence-corrected chi connectivity index (χ4v) is 2.42. The van der Waals surface area contributed by atoms with Gasteiger partial charge in [-0.25, -0.2) is 0 Å². The van der Waals surface area contributed by atoms with Gasteiger partial charge in [0, 0.05) is 30.4 Å². The number of anilines is 1. The van der Waals surface area contributed by atoms with Crippen LogP contribution in [0.4, 0.5) is 11.4 Å². The Morgan fingerprint density at radius 1 is 1.55 bits per heavy atom. The van der Waals surface area contributed by atoms with Crippen molar-refractivity contribution in [1.82, 2.24) is 4.90 Å². The molecule has 110 valence electrons. The van der Waals surface area contributed by atoms with Crippen LogP contribution in [0.15, 0.2) is 18.2 Å². The summed E-state index contributed by atoms with van der Waals surface area (Å²) in [5.41, 5.74) is 1.70. The van der Waals surface area contributed by atoms with Gasteiger partial charge >= 0.3 is 0 Å². The van der Waals surface area contributed by atoms with Crippen LogP contribution in [0.25, 0.3) is 0 Å². The van der Waals surface area contributed by atoms with Gasteiger partial charge in [0.1, 0.15) is 0 Å². The molecule has 1 heterocycles. The van der Waals surface area contributed by atoms with Crippen molar-refractivity contribution < 1.29 is 9.66 Å². The molecule has 0 radical (unpaired) electrons. The van der Waals surface area contributed by atoms with E-state index in [1.54, 1.807) is 19.1 Å². The van der Waals surface area contributed by atoms with Gasteiger partial charge in [-0.15, -0.1) is 0 Å². The highest BCUT2D eigenvalue weighted by atomic mass is 16.6. The van der Waals surface area contributed by atoms with Crippen molar-refractivity contribution in [3.63, 3.8) is 0 Å². The van der Waals surface area contributed by atoms with Crippen LogP contribution in [0.2, 0.25) is 0 Å². The molecule has 0 amide bonds. The number of ether oxygens (including phenoxy) is 1. The van der Waals surface area contributed by atoms with E-state index in [0.29, 0.717) is 5.56 Å². The summed E-state index contributed by atoms with van der Waals surface area (Å²) in [4.78, 5) is 12.7. The minimum atomic E-state index is -0.359. The lowest BCUT2D eigenvalue weighted by Crippen LogP contribution is -2.47. The highest BCUT2D eigenvalue weighted by Gasteiger charge is 2.23. The van der Waals surface area contributed by atoms with Crippen LogP contribution in [-0.2, 0) is 4.74 Å². The first-order valence-electron chi connectivity index (χ1n) is 6.79. The van der Waals surface area contributed by atoms with E-state index in [9.17, 15) is 10.1 Å². The zero-order valence-electron chi connectivity index (χ0n) is 12.1. The van der Waals surface area contributed by atoms with E-state index in [4.69, 9.17) is 4.74 Å². The molecular formula is C14H21N3O3. The summed E-state index contributed by atoms with van der Waals surface area (Å²) in [5.74, 6) is 0. The van der Waals surface area contributed by atoms with Crippen molar-refractivity contribution in [1.29, 1.82) is 0 Å². The van der Waals surface area contributed by atoms with E-state index in [2.05, 4.69) is 24.2 Å². The Kier molecular flexibility index (Phi) is 4.57. The lowest BCUT2D eigenvalue weighted by molar-refractivity contribution is -0.385. The zero-order chi connectivity index (χ0) is 14.7. The second kappa shape index (κ2) is 6.19. The van der Waals surface area contributed by atoms with E-state index in [-0.39, 0.29) is 22.8 Å². The summed E-state index contributed by atoms with van der Waals surface area (Å²) >= 11 is 0. The average molecular weight is 279 g/mol. The number of likely N-dealkylation sites (N-methyl/N-ethyl adjacent to an activating group) is 1. The molecule has 2 rings (SSSR count). The number of hydrogen-bond acceptors (Lipinski definition) is 5. The second-order valence-corrected chi connectivity index (χ2v) is 5.36. The predicted molar refractivity (Wildman–Crippen MR) is 78.2 cm³/mol. The quantitative estimate of drug-likeness (QED) is 0.674. The van der Waals surface area contributed by atoms with Crippen LogP contribution < -0.4 is 5.32 Å². The summed E-state index contributed by atoms with van der Waals surface area (Å²) in [6.07, 6.45) is 0.129. The first-order chi connectivity index (χ1) is 9.47. The van der Waals surface area contributed by atoms with Gasteiger partial charge in [0.25, 0.3) is 5.69 Å². The monoisotopic (exact) mass is 279 g/mol. The lowest BCUT2D eigenvalue weighted by atomic mass is 10.1. The Morgan fingerprint density at radius 3 is 2.90 bits per heavy atom. The molecule has 2 atom stereocenters. The van der Waals surface area contributed by atoms with E-state index in [1.165, 1.54) is 6.07 Å². The van der Waals surface area contributed by atoms with E-state index >= 15 is 0 Å². The van der Waals surface area contributed by atoms with Crippen LogP contribution in [0.3, 0.4) is 0 Å². The maximum atomic E-state index is 10.8. The number of nitro groups is 1. The molecule has 0 aliphatic carbocycles. The molecule has 20 heavy (non-hydrogen) atoms. The van der Waals surface area contributed by atoms with Crippen LogP contribution in [0.1, 0.15) is 12.5 Å². The van der Waals surface area contributed by atoms with Gasteiger partial charge in [-0.3, -0.25) is 10.1 Å². The summed E-state index contributed by atoms with van der Waals surface area (Å²) in [7, 11) is 2.08. The van der Waals surface area contributed by atoms with Crippen molar-refractivity contribution in [3.05, 3.63) is 33.9 Å². The number of nitrogens with one attached hydrogen (secondary N) is 1. The van der Waals surface area contributed by atoms with Crippen molar-refractivity contribution in [2.24, 2.45) is 0 Å². The zero-order valence-corrected chi connectivity index (χ0v) is 12.1. The summed E-state index contributed by atoms with van der Waals surface area (Å²) < 4.78 is 5.76. The summed E-state index contributed by atoms with van der Waals surface area (Å²) in [5, 5.41) is 14.2. The first kappa shape index (κ1) is 14.7. The first-order valence-corrected chi connectivity index (χ1v) is 6.79. The molecule has 1 aromatic carbocycles. The van der Waals surface area contributed by atoms with Gasteiger partial charge in [-0.1, -0.05) is 0 Å². The fraction of sp³-hybridized carbons (Fsp3) is 0.571. The smallest absolute Gasteiger partial charge is 0.272 e. The predicted octanol–water partition coefficient (Wildman–Crippen LogP) is 2.03. The largest absolute Gasteiger partial charge is 0.380 e. The topological polar surface area (TPSA) is 67.6 Å². The highest BCUT2D eigenvalue weighted by molar-refractivity contribution is 5.54. The third-order valence-corrected chi connectivity index (χ3v) is 3.64. The van der Waals surface area contributed by atoms with Crippen molar-refractivity contribution in [2.75, 3.05) is 32.1 Å². The molecular weight excluding hydrogens is 258 g/mol. The van der Waals surface area contributed by atoms with Crippen LogP contribution in [-0.4, -0.2) is 48.7 Å². The minimum absolute atomic E-state index is 0.129. The number of hydrogen-bond donors (Lipinski definition) is 1. The molecule has 6 heteroatoms. The third-order valence-electron chi connectivity index (χ3n) is 3.64. The molecule has 1 N–H and O–H groups in total. The van der Waals surface area contributed by atoms with Crippen molar-refractivity contribution in [2.45, 2.75) is 26.0 Å². The third kappa shape index (κ3) is 3.46. The second-order valence-electron chi connectivity index (χ2n) is 5.36. The maximum Gasteiger partial charge on any atom is 0.272 e. The molecule has 1 fully saturated rings. The van der Waals surface area contributed by atoms with Crippen LogP contribution >= 0.6 is 0 Å². The van der Waals surface area contributed by atoms with Crippen LogP contribution in [0, 0.1) is 17.0 Å². The van der Waals surface area contributed by atoms with Crippen molar-refractivity contribution in [3.8, 4) is 0 Å². The molecule has 0 bridgehead atoms. The molecule has 1 aliphatic heterocycles. The molecule has 1 aliphatic rings. The van der Waals surface area contributed by atoms with Gasteiger partial charge in [0.05, 0.1) is 23.7 Å². The Labute approximate surface area is 118 Å². The van der Waals surface area contributed by atoms with E-state index in [0.717, 1.165) is 25.4 Å². The molecule has 0 aromatic heterocycles. The summed E-state index contributed by atoms with van der Waals surface area (Å²) in [6.45, 7) is 6.41. The Hall–Kier alpha value is -1.66. The van der Waals surface area contributed by atoms with Gasteiger partial charge in [-0.05, 0) is 33.0 Å². The van der Waals surface area contributed by atoms with Crippen molar-refractivity contribution >= 4 is 11.4 Å². The number of benzene rings is 1. The lowest BCUT2D eigenvalue weighted by Gasteiger charge is -2.34. The molecule has 2 unspecified atom stereocenters. The molecule has 0 saturated carbocycles. The molecule has 0 spiro atoms. The number of aryl methyl sites for hydroxylation is 1. The normalized spacial score (nSPS) is 21.4. The number of nitro benzene ring substituents is 1. The minimum Gasteiger partial charge on any atom is -0.380 e. The van der Waals surface area contributed by atoms with Gasteiger partial charge < -0.3 is 15.0 Å². The SMILES string of the molecule is Cc1cc(NC(C)C2CN(C)CCO2)ccc1[N+](=O)[O-]. The number of nitrogens with zero attached hydrogens (tertiary/aromatic N) is 2. The van der Waals surface area contributed by atoms with Gasteiger partial charge in [-0.2, -0.15) is 0 Å². The van der Waals surface area contributed by atoms with Gasteiger partial charge in [0.2, 0.25) is 0 Å². The Bertz CT molecular complexity index is 493. The molecule has 1 aromatic rings.